The standard InChI is InChI=1S/C22H21ClN4O2S/c23-17-6-4-14(5-7-17)15-2-1-3-16(12-15)20-22(29)26-18(9-11-30-20)13-24-21(28)19-8-10-25-27-19/h1-8,10,12,18,20H,9,11,13H2,(H,24,28)(H,25,27)(H,26,29)/t18-,20+/m0/s1. The van der Waals surface area contributed by atoms with Crippen LogP contribution in [0.1, 0.15) is 27.7 Å². The first-order valence-electron chi connectivity index (χ1n) is 9.66. The van der Waals surface area contributed by atoms with Gasteiger partial charge in [-0.1, -0.05) is 41.9 Å². The summed E-state index contributed by atoms with van der Waals surface area (Å²) in [5.74, 6) is 0.525. The number of aromatic amines is 1. The predicted molar refractivity (Wildman–Crippen MR) is 120 cm³/mol. The number of H-pyrrole nitrogens is 1. The third-order valence-corrected chi connectivity index (χ3v) is 6.49. The molecule has 2 aromatic carbocycles. The second-order valence-corrected chi connectivity index (χ2v) is 8.70. The number of benzene rings is 2. The zero-order chi connectivity index (χ0) is 20.9. The van der Waals surface area contributed by atoms with Gasteiger partial charge in [0.2, 0.25) is 5.91 Å². The van der Waals surface area contributed by atoms with E-state index in [1.54, 1.807) is 24.0 Å². The van der Waals surface area contributed by atoms with E-state index in [9.17, 15) is 9.59 Å². The lowest BCUT2D eigenvalue weighted by molar-refractivity contribution is -0.121. The molecule has 2 heterocycles. The van der Waals surface area contributed by atoms with E-state index >= 15 is 0 Å². The van der Waals surface area contributed by atoms with Crippen molar-refractivity contribution in [3.63, 3.8) is 0 Å². The molecular formula is C22H21ClN4O2S. The van der Waals surface area contributed by atoms with Gasteiger partial charge in [-0.3, -0.25) is 14.7 Å². The molecule has 154 valence electrons. The Morgan fingerprint density at radius 1 is 1.17 bits per heavy atom. The van der Waals surface area contributed by atoms with Gasteiger partial charge in [-0.15, -0.1) is 11.8 Å². The molecule has 30 heavy (non-hydrogen) atoms. The minimum Gasteiger partial charge on any atom is -0.350 e. The Balaban J connectivity index is 1.42. The molecule has 1 saturated heterocycles. The Bertz CT molecular complexity index is 1020. The molecule has 2 atom stereocenters. The number of hydrogen-bond donors (Lipinski definition) is 3. The van der Waals surface area contributed by atoms with Crippen LogP contribution in [0.4, 0.5) is 0 Å². The minimum absolute atomic E-state index is 0.0372. The van der Waals surface area contributed by atoms with Crippen LogP contribution < -0.4 is 10.6 Å². The van der Waals surface area contributed by atoms with E-state index in [0.29, 0.717) is 17.3 Å². The van der Waals surface area contributed by atoms with Gasteiger partial charge in [-0.2, -0.15) is 5.10 Å². The summed E-state index contributed by atoms with van der Waals surface area (Å²) in [5.41, 5.74) is 3.40. The Morgan fingerprint density at radius 2 is 2.00 bits per heavy atom. The highest BCUT2D eigenvalue weighted by Gasteiger charge is 2.28. The van der Waals surface area contributed by atoms with Crippen LogP contribution in [0, 0.1) is 0 Å². The van der Waals surface area contributed by atoms with Crippen LogP contribution in [0.2, 0.25) is 5.02 Å². The lowest BCUT2D eigenvalue weighted by Crippen LogP contribution is -2.43. The SMILES string of the molecule is O=C(NC[C@@H]1CCS[C@H](c2cccc(-c3ccc(Cl)cc3)c2)C(=O)N1)c1cc[nH]n1. The quantitative estimate of drug-likeness (QED) is 0.562. The summed E-state index contributed by atoms with van der Waals surface area (Å²) in [4.78, 5) is 25.0. The molecule has 4 rings (SSSR count). The van der Waals surface area contributed by atoms with Crippen molar-refractivity contribution in [2.24, 2.45) is 0 Å². The maximum absolute atomic E-state index is 12.9. The number of aromatic nitrogens is 2. The number of amides is 2. The van der Waals surface area contributed by atoms with Crippen LogP contribution in [0.15, 0.2) is 60.8 Å². The second kappa shape index (κ2) is 9.36. The van der Waals surface area contributed by atoms with Crippen molar-refractivity contribution in [1.82, 2.24) is 20.8 Å². The van der Waals surface area contributed by atoms with E-state index in [0.717, 1.165) is 28.9 Å². The van der Waals surface area contributed by atoms with E-state index in [1.807, 2.05) is 42.5 Å². The summed E-state index contributed by atoms with van der Waals surface area (Å²) in [7, 11) is 0. The molecule has 0 unspecified atom stereocenters. The largest absolute Gasteiger partial charge is 0.350 e. The minimum atomic E-state index is -0.288. The molecule has 0 aliphatic carbocycles. The molecule has 1 aliphatic heterocycles. The molecule has 6 nitrogen and oxygen atoms in total. The van der Waals surface area contributed by atoms with Crippen molar-refractivity contribution in [1.29, 1.82) is 0 Å². The molecule has 0 saturated carbocycles. The van der Waals surface area contributed by atoms with Gasteiger partial charge in [-0.25, -0.2) is 0 Å². The Hall–Kier alpha value is -2.77. The van der Waals surface area contributed by atoms with Gasteiger partial charge < -0.3 is 10.6 Å². The monoisotopic (exact) mass is 440 g/mol. The van der Waals surface area contributed by atoms with Gasteiger partial charge in [0, 0.05) is 23.8 Å². The molecular weight excluding hydrogens is 420 g/mol. The molecule has 1 aliphatic rings. The van der Waals surface area contributed by atoms with Crippen molar-refractivity contribution < 1.29 is 9.59 Å². The maximum Gasteiger partial charge on any atom is 0.271 e. The summed E-state index contributed by atoms with van der Waals surface area (Å²) in [6.45, 7) is 0.371. The Morgan fingerprint density at radius 3 is 2.77 bits per heavy atom. The van der Waals surface area contributed by atoms with E-state index in [4.69, 9.17) is 11.6 Å². The molecule has 3 aromatic rings. The molecule has 3 N–H and O–H groups in total. The molecule has 8 heteroatoms. The third kappa shape index (κ3) is 4.86. The molecule has 0 spiro atoms. The predicted octanol–water partition coefficient (Wildman–Crippen LogP) is 3.82. The fourth-order valence-corrected chi connectivity index (χ4v) is 4.71. The Kier molecular flexibility index (Phi) is 6.40. The van der Waals surface area contributed by atoms with Crippen LogP contribution in [0.3, 0.4) is 0 Å². The number of carbonyl (C=O) groups is 2. The molecule has 2 amide bonds. The zero-order valence-corrected chi connectivity index (χ0v) is 17.7. The fraction of sp³-hybridized carbons (Fsp3) is 0.227. The fourth-order valence-electron chi connectivity index (χ4n) is 3.37. The number of thioether (sulfide) groups is 1. The Labute approximate surface area is 183 Å². The van der Waals surface area contributed by atoms with Crippen LogP contribution in [0.25, 0.3) is 11.1 Å². The van der Waals surface area contributed by atoms with Crippen molar-refractivity contribution in [2.45, 2.75) is 17.7 Å². The molecule has 1 aromatic heterocycles. The van der Waals surface area contributed by atoms with E-state index < -0.39 is 0 Å². The molecule has 0 bridgehead atoms. The van der Waals surface area contributed by atoms with E-state index in [-0.39, 0.29) is 23.1 Å². The van der Waals surface area contributed by atoms with E-state index in [2.05, 4.69) is 26.9 Å². The number of nitrogens with one attached hydrogen (secondary N) is 3. The van der Waals surface area contributed by atoms with Crippen LogP contribution in [-0.4, -0.2) is 40.4 Å². The lowest BCUT2D eigenvalue weighted by atomic mass is 10.0. The first-order valence-corrected chi connectivity index (χ1v) is 11.1. The van der Waals surface area contributed by atoms with Crippen molar-refractivity contribution in [3.05, 3.63) is 77.1 Å². The highest BCUT2D eigenvalue weighted by molar-refractivity contribution is 8.00. The average molecular weight is 441 g/mol. The van der Waals surface area contributed by atoms with Crippen LogP contribution >= 0.6 is 23.4 Å². The number of hydrogen-bond acceptors (Lipinski definition) is 4. The van der Waals surface area contributed by atoms with Crippen molar-refractivity contribution in [3.8, 4) is 11.1 Å². The van der Waals surface area contributed by atoms with Gasteiger partial charge in [0.1, 0.15) is 10.9 Å². The highest BCUT2D eigenvalue weighted by atomic mass is 35.5. The van der Waals surface area contributed by atoms with E-state index in [1.165, 1.54) is 0 Å². The van der Waals surface area contributed by atoms with Gasteiger partial charge in [0.25, 0.3) is 5.91 Å². The molecule has 1 fully saturated rings. The lowest BCUT2D eigenvalue weighted by Gasteiger charge is -2.18. The van der Waals surface area contributed by atoms with Gasteiger partial charge >= 0.3 is 0 Å². The van der Waals surface area contributed by atoms with Crippen molar-refractivity contribution in [2.75, 3.05) is 12.3 Å². The van der Waals surface area contributed by atoms with Gasteiger partial charge in [-0.05, 0) is 53.1 Å². The van der Waals surface area contributed by atoms with Crippen LogP contribution in [-0.2, 0) is 4.79 Å². The number of nitrogens with zero attached hydrogens (tertiary/aromatic N) is 1. The zero-order valence-electron chi connectivity index (χ0n) is 16.1. The maximum atomic E-state index is 12.9. The molecule has 0 radical (unpaired) electrons. The van der Waals surface area contributed by atoms with Crippen LogP contribution in [0.5, 0.6) is 0 Å². The van der Waals surface area contributed by atoms with Gasteiger partial charge in [0.05, 0.1) is 0 Å². The number of rotatable bonds is 5. The summed E-state index contributed by atoms with van der Waals surface area (Å²) < 4.78 is 0. The summed E-state index contributed by atoms with van der Waals surface area (Å²) in [5, 5.41) is 12.8. The first-order chi connectivity index (χ1) is 14.6. The normalized spacial score (nSPS) is 19.0. The number of carbonyl (C=O) groups excluding carboxylic acids is 2. The summed E-state index contributed by atoms with van der Waals surface area (Å²) >= 11 is 7.61. The number of halogens is 1. The average Bonchev–Trinajstić information content (AvgIpc) is 3.23. The van der Waals surface area contributed by atoms with Crippen molar-refractivity contribution >= 4 is 35.2 Å². The second-order valence-electron chi connectivity index (χ2n) is 7.05. The van der Waals surface area contributed by atoms with Gasteiger partial charge in [0.15, 0.2) is 0 Å². The topological polar surface area (TPSA) is 86.9 Å². The third-order valence-electron chi connectivity index (χ3n) is 4.94. The first kappa shape index (κ1) is 20.5. The smallest absolute Gasteiger partial charge is 0.271 e. The highest BCUT2D eigenvalue weighted by Crippen LogP contribution is 2.34. The summed E-state index contributed by atoms with van der Waals surface area (Å²) in [6.07, 6.45) is 2.38. The summed E-state index contributed by atoms with van der Waals surface area (Å²) in [6, 6.07) is 17.2.